The van der Waals surface area contributed by atoms with E-state index in [1.165, 1.54) is 13.3 Å². The molecule has 0 fully saturated rings. The van der Waals surface area contributed by atoms with Gasteiger partial charge in [-0.15, -0.1) is 0 Å². The molecule has 4 heteroatoms. The molecule has 0 spiro atoms. The largest absolute Gasteiger partial charge is 0.468 e. The Morgan fingerprint density at radius 1 is 1.67 bits per heavy atom. The lowest BCUT2D eigenvalue weighted by atomic mass is 10.1. The van der Waals surface area contributed by atoms with Crippen LogP contribution in [0.15, 0.2) is 29.3 Å². The minimum absolute atomic E-state index is 0.00667. The summed E-state index contributed by atoms with van der Waals surface area (Å²) in [6.45, 7) is -0.00667. The maximum Gasteiger partial charge on any atom is 0.327 e. The van der Waals surface area contributed by atoms with Crippen LogP contribution in [0.3, 0.4) is 0 Å². The lowest BCUT2D eigenvalue weighted by Crippen LogP contribution is -2.04. The van der Waals surface area contributed by atoms with Crippen LogP contribution in [0.5, 0.6) is 0 Å². The van der Waals surface area contributed by atoms with Crippen LogP contribution in [0.25, 0.3) is 0 Å². The number of carbonyl (C=O) groups is 1. The number of carbonyl (C=O) groups excluding carboxylic acids is 1. The minimum atomic E-state index is -0.386. The van der Waals surface area contributed by atoms with Crippen molar-refractivity contribution in [1.29, 1.82) is 5.26 Å². The van der Waals surface area contributed by atoms with Gasteiger partial charge in [-0.05, 0) is 17.7 Å². The molecule has 0 N–H and O–H groups in total. The summed E-state index contributed by atoms with van der Waals surface area (Å²) in [6, 6.07) is 8.99. The normalized spacial score (nSPS) is 9.87. The van der Waals surface area contributed by atoms with Crippen molar-refractivity contribution < 1.29 is 9.53 Å². The zero-order chi connectivity index (χ0) is 11.1. The minimum Gasteiger partial charge on any atom is -0.468 e. The molecule has 0 unspecified atom stereocenters. The molecule has 76 valence electrons. The molecule has 0 heterocycles. The summed E-state index contributed by atoms with van der Waals surface area (Å²) in [5.41, 5.74) is 1.36. The lowest BCUT2D eigenvalue weighted by molar-refractivity contribution is -0.138. The smallest absolute Gasteiger partial charge is 0.327 e. The lowest BCUT2D eigenvalue weighted by Gasteiger charge is -1.94. The van der Waals surface area contributed by atoms with Crippen molar-refractivity contribution in [3.05, 3.63) is 35.4 Å². The fourth-order valence-electron chi connectivity index (χ4n) is 0.979. The van der Waals surface area contributed by atoms with E-state index < -0.39 is 0 Å². The highest BCUT2D eigenvalue weighted by Gasteiger charge is 1.95. The van der Waals surface area contributed by atoms with Gasteiger partial charge < -0.3 is 4.74 Å². The second-order valence-corrected chi connectivity index (χ2v) is 2.78. The molecule has 0 aliphatic carbocycles. The molecule has 0 saturated heterocycles. The van der Waals surface area contributed by atoms with Gasteiger partial charge in [0.2, 0.25) is 0 Å². The number of rotatable bonds is 3. The topological polar surface area (TPSA) is 62.4 Å². The van der Waals surface area contributed by atoms with Crippen LogP contribution in [-0.2, 0) is 9.53 Å². The average Bonchev–Trinajstić information content (AvgIpc) is 2.29. The Labute approximate surface area is 87.8 Å². The van der Waals surface area contributed by atoms with Crippen molar-refractivity contribution in [2.24, 2.45) is 4.99 Å². The van der Waals surface area contributed by atoms with Crippen LogP contribution in [0.1, 0.15) is 11.1 Å². The molecular weight excluding hydrogens is 192 g/mol. The van der Waals surface area contributed by atoms with E-state index in [9.17, 15) is 4.79 Å². The molecule has 1 aromatic rings. The molecule has 0 saturated carbocycles. The predicted molar refractivity (Wildman–Crippen MR) is 55.6 cm³/mol. The van der Waals surface area contributed by atoms with E-state index in [-0.39, 0.29) is 12.5 Å². The number of nitrogens with zero attached hydrogens (tertiary/aromatic N) is 2. The molecule has 4 nitrogen and oxygen atoms in total. The number of ether oxygens (including phenoxy) is 1. The SMILES string of the molecule is COC(=O)CN=Cc1cccc(C#N)c1. The van der Waals surface area contributed by atoms with Crippen LogP contribution in [0, 0.1) is 11.3 Å². The van der Waals surface area contributed by atoms with Gasteiger partial charge in [0.1, 0.15) is 6.54 Å². The van der Waals surface area contributed by atoms with Crippen molar-refractivity contribution in [3.8, 4) is 6.07 Å². The van der Waals surface area contributed by atoms with Crippen LogP contribution < -0.4 is 0 Å². The quantitative estimate of drug-likeness (QED) is 0.545. The summed E-state index contributed by atoms with van der Waals surface area (Å²) >= 11 is 0. The first-order valence-electron chi connectivity index (χ1n) is 4.33. The summed E-state index contributed by atoms with van der Waals surface area (Å²) in [5.74, 6) is -0.386. The van der Waals surface area contributed by atoms with E-state index in [1.54, 1.807) is 18.2 Å². The van der Waals surface area contributed by atoms with Crippen molar-refractivity contribution in [2.75, 3.05) is 13.7 Å². The van der Waals surface area contributed by atoms with Gasteiger partial charge in [-0.2, -0.15) is 5.26 Å². The van der Waals surface area contributed by atoms with Gasteiger partial charge in [0, 0.05) is 6.21 Å². The molecule has 1 rings (SSSR count). The van der Waals surface area contributed by atoms with Gasteiger partial charge in [-0.3, -0.25) is 9.79 Å². The Morgan fingerprint density at radius 2 is 2.47 bits per heavy atom. The van der Waals surface area contributed by atoms with Gasteiger partial charge in [0.05, 0.1) is 18.7 Å². The predicted octanol–water partition coefficient (Wildman–Crippen LogP) is 1.15. The Hall–Kier alpha value is -2.15. The maximum atomic E-state index is 10.7. The van der Waals surface area contributed by atoms with Crippen molar-refractivity contribution in [3.63, 3.8) is 0 Å². The third kappa shape index (κ3) is 3.61. The number of hydrogen-bond acceptors (Lipinski definition) is 4. The molecule has 0 aliphatic rings. The first kappa shape index (κ1) is 10.9. The Kier molecular flexibility index (Phi) is 4.05. The summed E-state index contributed by atoms with van der Waals surface area (Å²) in [6.07, 6.45) is 1.54. The average molecular weight is 202 g/mol. The van der Waals surface area contributed by atoms with Gasteiger partial charge in [0.25, 0.3) is 0 Å². The Morgan fingerprint density at radius 3 is 3.13 bits per heavy atom. The summed E-state index contributed by atoms with van der Waals surface area (Å²) in [5, 5.41) is 8.65. The van der Waals surface area contributed by atoms with Crippen LogP contribution in [0.4, 0.5) is 0 Å². The number of benzene rings is 1. The third-order valence-corrected chi connectivity index (χ3v) is 1.70. The molecule has 0 bridgehead atoms. The zero-order valence-electron chi connectivity index (χ0n) is 8.30. The van der Waals surface area contributed by atoms with E-state index >= 15 is 0 Å². The van der Waals surface area contributed by atoms with Crippen molar-refractivity contribution in [1.82, 2.24) is 0 Å². The maximum absolute atomic E-state index is 10.7. The summed E-state index contributed by atoms with van der Waals surface area (Å²) < 4.78 is 4.43. The first-order chi connectivity index (χ1) is 7.26. The van der Waals surface area contributed by atoms with Gasteiger partial charge in [0.15, 0.2) is 0 Å². The highest BCUT2D eigenvalue weighted by Crippen LogP contribution is 2.01. The van der Waals surface area contributed by atoms with E-state index in [1.807, 2.05) is 12.1 Å². The molecule has 0 amide bonds. The van der Waals surface area contributed by atoms with Gasteiger partial charge in [-0.25, -0.2) is 0 Å². The highest BCUT2D eigenvalue weighted by molar-refractivity contribution is 5.82. The molecule has 0 atom stereocenters. The first-order valence-corrected chi connectivity index (χ1v) is 4.33. The van der Waals surface area contributed by atoms with Crippen LogP contribution >= 0.6 is 0 Å². The second kappa shape index (κ2) is 5.55. The number of methoxy groups -OCH3 is 1. The molecule has 15 heavy (non-hydrogen) atoms. The van der Waals surface area contributed by atoms with Crippen molar-refractivity contribution in [2.45, 2.75) is 0 Å². The van der Waals surface area contributed by atoms with Crippen LogP contribution in [-0.4, -0.2) is 25.8 Å². The number of aliphatic imine (C=N–C) groups is 1. The van der Waals surface area contributed by atoms with E-state index in [0.29, 0.717) is 5.56 Å². The molecule has 0 aliphatic heterocycles. The monoisotopic (exact) mass is 202 g/mol. The van der Waals surface area contributed by atoms with Crippen LogP contribution in [0.2, 0.25) is 0 Å². The number of hydrogen-bond donors (Lipinski definition) is 0. The highest BCUT2D eigenvalue weighted by atomic mass is 16.5. The molecule has 1 aromatic carbocycles. The zero-order valence-corrected chi connectivity index (χ0v) is 8.30. The summed E-state index contributed by atoms with van der Waals surface area (Å²) in [4.78, 5) is 14.6. The van der Waals surface area contributed by atoms with E-state index in [2.05, 4.69) is 9.73 Å². The van der Waals surface area contributed by atoms with Gasteiger partial charge >= 0.3 is 5.97 Å². The molecule has 0 aromatic heterocycles. The second-order valence-electron chi connectivity index (χ2n) is 2.78. The Balaban J connectivity index is 2.65. The number of nitriles is 1. The molecule has 0 radical (unpaired) electrons. The fourth-order valence-corrected chi connectivity index (χ4v) is 0.979. The molecular formula is C11H10N2O2. The third-order valence-electron chi connectivity index (χ3n) is 1.70. The number of esters is 1. The van der Waals surface area contributed by atoms with Crippen molar-refractivity contribution >= 4 is 12.2 Å². The Bertz CT molecular complexity index is 419. The van der Waals surface area contributed by atoms with E-state index in [4.69, 9.17) is 5.26 Å². The standard InChI is InChI=1S/C11H10N2O2/c1-15-11(14)8-13-7-10-4-2-3-9(5-10)6-12/h2-5,7H,8H2,1H3. The van der Waals surface area contributed by atoms with E-state index in [0.717, 1.165) is 5.56 Å². The fraction of sp³-hybridized carbons (Fsp3) is 0.182. The summed E-state index contributed by atoms with van der Waals surface area (Å²) in [7, 11) is 1.31. The van der Waals surface area contributed by atoms with Gasteiger partial charge in [-0.1, -0.05) is 12.1 Å².